The third-order valence-corrected chi connectivity index (χ3v) is 3.80. The van der Waals surface area contributed by atoms with E-state index in [0.29, 0.717) is 6.42 Å². The molecule has 24 heavy (non-hydrogen) atoms. The minimum atomic E-state index is -1.36. The van der Waals surface area contributed by atoms with Gasteiger partial charge >= 0.3 is 6.16 Å². The molecular weight excluding hydrogens is 302 g/mol. The molecule has 0 atom stereocenters. The average molecular weight is 319 g/mol. The number of hydrogen-bond acceptors (Lipinski definition) is 3. The van der Waals surface area contributed by atoms with Crippen LogP contribution in [0.5, 0.6) is 5.88 Å². The fourth-order valence-corrected chi connectivity index (χ4v) is 2.73. The van der Waals surface area contributed by atoms with Crippen LogP contribution in [0.15, 0.2) is 66.9 Å². The second kappa shape index (κ2) is 6.96. The molecule has 0 radical (unpaired) electrons. The summed E-state index contributed by atoms with van der Waals surface area (Å²) >= 11 is 0. The third-order valence-electron chi connectivity index (χ3n) is 3.80. The molecule has 0 fully saturated rings. The molecule has 1 heterocycles. The summed E-state index contributed by atoms with van der Waals surface area (Å²) in [6.07, 6.45) is 0.725. The van der Waals surface area contributed by atoms with Crippen LogP contribution in [0.3, 0.4) is 0 Å². The minimum absolute atomic E-state index is 0.134. The van der Waals surface area contributed by atoms with Crippen molar-refractivity contribution < 1.29 is 14.6 Å². The lowest BCUT2D eigenvalue weighted by molar-refractivity contribution is 0.142. The first kappa shape index (κ1) is 15.7. The van der Waals surface area contributed by atoms with Gasteiger partial charge in [-0.25, -0.2) is 9.78 Å². The number of carbonyl (C=O) groups is 1. The van der Waals surface area contributed by atoms with Crippen LogP contribution >= 0.6 is 0 Å². The molecule has 1 N–H and O–H groups in total. The average Bonchev–Trinajstić information content (AvgIpc) is 2.57. The van der Waals surface area contributed by atoms with Crippen molar-refractivity contribution in [2.24, 2.45) is 0 Å². The standard InChI is InChI=1S/C20H17NO3/c1-14-12-15(9-10-18(14)16-6-3-2-4-7-16)13-17-8-5-11-21-19(17)24-20(22)23/h2-12H,13H2,1H3,(H,22,23). The Kier molecular flexibility index (Phi) is 4.57. The van der Waals surface area contributed by atoms with Crippen molar-refractivity contribution in [2.75, 3.05) is 0 Å². The summed E-state index contributed by atoms with van der Waals surface area (Å²) in [5.74, 6) is 0.134. The predicted octanol–water partition coefficient (Wildman–Crippen LogP) is 4.70. The minimum Gasteiger partial charge on any atom is -0.449 e. The van der Waals surface area contributed by atoms with E-state index in [1.54, 1.807) is 6.07 Å². The Morgan fingerprint density at radius 2 is 1.88 bits per heavy atom. The van der Waals surface area contributed by atoms with Crippen molar-refractivity contribution in [3.63, 3.8) is 0 Å². The molecule has 3 aromatic rings. The van der Waals surface area contributed by atoms with Gasteiger partial charge in [-0.1, -0.05) is 54.6 Å². The SMILES string of the molecule is Cc1cc(Cc2cccnc2OC(=O)O)ccc1-c1ccccc1. The first-order valence-electron chi connectivity index (χ1n) is 7.63. The number of nitrogens with zero attached hydrogens (tertiary/aromatic N) is 1. The number of pyridine rings is 1. The van der Waals surface area contributed by atoms with Crippen molar-refractivity contribution in [1.82, 2.24) is 4.98 Å². The second-order valence-corrected chi connectivity index (χ2v) is 5.53. The summed E-state index contributed by atoms with van der Waals surface area (Å²) in [6, 6.07) is 20.1. The number of hydrogen-bond donors (Lipinski definition) is 1. The van der Waals surface area contributed by atoms with Crippen molar-refractivity contribution in [3.8, 4) is 17.0 Å². The van der Waals surface area contributed by atoms with Crippen LogP contribution in [0.4, 0.5) is 4.79 Å². The van der Waals surface area contributed by atoms with Gasteiger partial charge in [-0.05, 0) is 35.2 Å². The highest BCUT2D eigenvalue weighted by Crippen LogP contribution is 2.26. The largest absolute Gasteiger partial charge is 0.512 e. The summed E-state index contributed by atoms with van der Waals surface area (Å²) in [6.45, 7) is 2.07. The van der Waals surface area contributed by atoms with Gasteiger partial charge in [-0.3, -0.25) is 0 Å². The lowest BCUT2D eigenvalue weighted by Crippen LogP contribution is -2.07. The quantitative estimate of drug-likeness (QED) is 0.708. The molecule has 0 spiro atoms. The number of rotatable bonds is 4. The topological polar surface area (TPSA) is 59.4 Å². The van der Waals surface area contributed by atoms with Gasteiger partial charge in [-0.15, -0.1) is 0 Å². The lowest BCUT2D eigenvalue weighted by Gasteiger charge is -2.10. The van der Waals surface area contributed by atoms with Crippen molar-refractivity contribution in [3.05, 3.63) is 83.6 Å². The maximum Gasteiger partial charge on any atom is 0.512 e. The van der Waals surface area contributed by atoms with Gasteiger partial charge in [0.1, 0.15) is 0 Å². The van der Waals surface area contributed by atoms with E-state index in [1.165, 1.54) is 22.9 Å². The highest BCUT2D eigenvalue weighted by Gasteiger charge is 2.10. The van der Waals surface area contributed by atoms with Gasteiger partial charge in [0.2, 0.25) is 5.88 Å². The second-order valence-electron chi connectivity index (χ2n) is 5.53. The Labute approximate surface area is 140 Å². The van der Waals surface area contributed by atoms with E-state index < -0.39 is 6.16 Å². The maximum absolute atomic E-state index is 10.8. The maximum atomic E-state index is 10.8. The fourth-order valence-electron chi connectivity index (χ4n) is 2.73. The highest BCUT2D eigenvalue weighted by atomic mass is 16.7. The summed E-state index contributed by atoms with van der Waals surface area (Å²) < 4.78 is 4.75. The molecule has 120 valence electrons. The molecule has 0 aliphatic rings. The Morgan fingerprint density at radius 1 is 1.08 bits per heavy atom. The normalized spacial score (nSPS) is 10.4. The number of carboxylic acid groups (broad SMARTS) is 1. The summed E-state index contributed by atoms with van der Waals surface area (Å²) in [5, 5.41) is 8.80. The summed E-state index contributed by atoms with van der Waals surface area (Å²) in [4.78, 5) is 14.8. The van der Waals surface area contributed by atoms with Crippen LogP contribution in [-0.2, 0) is 6.42 Å². The monoisotopic (exact) mass is 319 g/mol. The van der Waals surface area contributed by atoms with Crippen molar-refractivity contribution in [1.29, 1.82) is 0 Å². The van der Waals surface area contributed by atoms with E-state index in [4.69, 9.17) is 9.84 Å². The Bertz CT molecular complexity index is 860. The zero-order chi connectivity index (χ0) is 16.9. The van der Waals surface area contributed by atoms with Crippen LogP contribution < -0.4 is 4.74 Å². The van der Waals surface area contributed by atoms with Gasteiger partial charge in [0.05, 0.1) is 0 Å². The first-order chi connectivity index (χ1) is 11.6. The molecule has 1 aromatic heterocycles. The highest BCUT2D eigenvalue weighted by molar-refractivity contribution is 5.67. The van der Waals surface area contributed by atoms with Gasteiger partial charge in [-0.2, -0.15) is 0 Å². The molecule has 0 amide bonds. The van der Waals surface area contributed by atoms with Crippen LogP contribution in [0.1, 0.15) is 16.7 Å². The van der Waals surface area contributed by atoms with Crippen LogP contribution in [0.2, 0.25) is 0 Å². The molecule has 0 saturated heterocycles. The van der Waals surface area contributed by atoms with E-state index in [-0.39, 0.29) is 5.88 Å². The Balaban J connectivity index is 1.87. The molecule has 0 unspecified atom stereocenters. The zero-order valence-corrected chi connectivity index (χ0v) is 13.3. The van der Waals surface area contributed by atoms with Gasteiger partial charge < -0.3 is 9.84 Å². The number of aromatic nitrogens is 1. The zero-order valence-electron chi connectivity index (χ0n) is 13.3. The number of ether oxygens (including phenoxy) is 1. The van der Waals surface area contributed by atoms with E-state index in [9.17, 15) is 4.79 Å². The van der Waals surface area contributed by atoms with Crippen LogP contribution in [0.25, 0.3) is 11.1 Å². The van der Waals surface area contributed by atoms with E-state index in [0.717, 1.165) is 11.1 Å². The first-order valence-corrected chi connectivity index (χ1v) is 7.63. The summed E-state index contributed by atoms with van der Waals surface area (Å²) in [5.41, 5.74) is 5.36. The molecule has 0 aliphatic carbocycles. The smallest absolute Gasteiger partial charge is 0.449 e. The molecule has 0 bridgehead atoms. The fraction of sp³-hybridized carbons (Fsp3) is 0.100. The predicted molar refractivity (Wildman–Crippen MR) is 92.3 cm³/mol. The molecule has 4 nitrogen and oxygen atoms in total. The molecule has 2 aromatic carbocycles. The van der Waals surface area contributed by atoms with E-state index in [1.807, 2.05) is 30.3 Å². The third kappa shape index (κ3) is 3.60. The van der Waals surface area contributed by atoms with Crippen molar-refractivity contribution >= 4 is 6.16 Å². The van der Waals surface area contributed by atoms with Crippen molar-refractivity contribution in [2.45, 2.75) is 13.3 Å². The number of aryl methyl sites for hydroxylation is 1. The van der Waals surface area contributed by atoms with Gasteiger partial charge in [0.15, 0.2) is 0 Å². The van der Waals surface area contributed by atoms with Gasteiger partial charge in [0, 0.05) is 18.2 Å². The van der Waals surface area contributed by atoms with Crippen LogP contribution in [0, 0.1) is 6.92 Å². The molecular formula is C20H17NO3. The van der Waals surface area contributed by atoms with E-state index >= 15 is 0 Å². The van der Waals surface area contributed by atoms with Gasteiger partial charge in [0.25, 0.3) is 0 Å². The number of benzene rings is 2. The summed E-state index contributed by atoms with van der Waals surface area (Å²) in [7, 11) is 0. The molecule has 0 saturated carbocycles. The van der Waals surface area contributed by atoms with Crippen LogP contribution in [-0.4, -0.2) is 16.2 Å². The molecule has 4 heteroatoms. The Morgan fingerprint density at radius 3 is 2.58 bits per heavy atom. The lowest BCUT2D eigenvalue weighted by atomic mass is 9.96. The van der Waals surface area contributed by atoms with E-state index in [2.05, 4.69) is 36.2 Å². The molecule has 3 rings (SSSR count). The molecule has 0 aliphatic heterocycles. The Hall–Kier alpha value is -3.14.